The van der Waals surface area contributed by atoms with Crippen molar-refractivity contribution < 1.29 is 18.0 Å². The van der Waals surface area contributed by atoms with Gasteiger partial charge in [-0.25, -0.2) is 8.42 Å². The van der Waals surface area contributed by atoms with Crippen molar-refractivity contribution in [3.8, 4) is 0 Å². The van der Waals surface area contributed by atoms with Crippen molar-refractivity contribution in [1.82, 2.24) is 10.2 Å². The van der Waals surface area contributed by atoms with Gasteiger partial charge < -0.3 is 10.6 Å². The number of nitrogens with one attached hydrogen (secondary N) is 2. The van der Waals surface area contributed by atoms with Crippen LogP contribution in [0.25, 0.3) is 0 Å². The maximum Gasteiger partial charge on any atom is 0.251 e. The van der Waals surface area contributed by atoms with Crippen LogP contribution in [0.5, 0.6) is 0 Å². The number of benzene rings is 1. The Morgan fingerprint density at radius 1 is 1.32 bits per heavy atom. The van der Waals surface area contributed by atoms with E-state index in [0.29, 0.717) is 29.8 Å². The van der Waals surface area contributed by atoms with Gasteiger partial charge in [-0.05, 0) is 45.0 Å². The Bertz CT molecular complexity index is 761. The lowest BCUT2D eigenvalue weighted by Crippen LogP contribution is -2.38. The van der Waals surface area contributed by atoms with Gasteiger partial charge in [0.25, 0.3) is 5.91 Å². The zero-order chi connectivity index (χ0) is 18.6. The minimum atomic E-state index is -2.98. The van der Waals surface area contributed by atoms with Crippen molar-refractivity contribution in [2.24, 2.45) is 0 Å². The molecule has 8 heteroatoms. The van der Waals surface area contributed by atoms with Gasteiger partial charge in [0.2, 0.25) is 5.91 Å². The van der Waals surface area contributed by atoms with E-state index in [1.165, 1.54) is 0 Å². The van der Waals surface area contributed by atoms with Gasteiger partial charge in [-0.15, -0.1) is 0 Å². The molecule has 1 saturated heterocycles. The molecule has 1 aromatic carbocycles. The van der Waals surface area contributed by atoms with Crippen molar-refractivity contribution in [2.45, 2.75) is 26.3 Å². The van der Waals surface area contributed by atoms with Crippen molar-refractivity contribution in [2.75, 3.05) is 37.0 Å². The number of nitrogens with zero attached hydrogens (tertiary/aromatic N) is 1. The normalized spacial score (nSPS) is 19.0. The summed E-state index contributed by atoms with van der Waals surface area (Å²) in [5.74, 6) is -0.132. The molecule has 0 bridgehead atoms. The zero-order valence-electron chi connectivity index (χ0n) is 14.8. The van der Waals surface area contributed by atoms with Gasteiger partial charge in [0, 0.05) is 23.8 Å². The fourth-order valence-corrected chi connectivity index (χ4v) is 4.75. The van der Waals surface area contributed by atoms with Gasteiger partial charge in [-0.3, -0.25) is 14.5 Å². The molecule has 0 saturated carbocycles. The smallest absolute Gasteiger partial charge is 0.251 e. The van der Waals surface area contributed by atoms with E-state index in [0.717, 1.165) is 0 Å². The summed E-state index contributed by atoms with van der Waals surface area (Å²) in [6, 6.07) is 5.06. The van der Waals surface area contributed by atoms with Crippen LogP contribution in [-0.4, -0.2) is 62.8 Å². The van der Waals surface area contributed by atoms with Gasteiger partial charge in [0.15, 0.2) is 9.84 Å². The zero-order valence-corrected chi connectivity index (χ0v) is 15.6. The number of hydrogen-bond acceptors (Lipinski definition) is 5. The summed E-state index contributed by atoms with van der Waals surface area (Å²) in [6.07, 6.45) is 0.553. The maximum absolute atomic E-state index is 12.3. The van der Waals surface area contributed by atoms with Crippen LogP contribution in [0, 0.1) is 6.92 Å². The predicted octanol–water partition coefficient (Wildman–Crippen LogP) is 0.802. The first-order valence-corrected chi connectivity index (χ1v) is 10.1. The summed E-state index contributed by atoms with van der Waals surface area (Å²) < 4.78 is 23.1. The summed E-state index contributed by atoms with van der Waals surface area (Å²) in [4.78, 5) is 26.1. The second-order valence-electron chi connectivity index (χ2n) is 6.36. The third-order valence-corrected chi connectivity index (χ3v) is 6.16. The summed E-state index contributed by atoms with van der Waals surface area (Å²) in [7, 11) is -1.23. The van der Waals surface area contributed by atoms with Gasteiger partial charge in [0.05, 0.1) is 18.1 Å². The van der Waals surface area contributed by atoms with Crippen LogP contribution in [0.15, 0.2) is 18.2 Å². The molecule has 2 N–H and O–H groups in total. The van der Waals surface area contributed by atoms with Crippen LogP contribution in [-0.2, 0) is 14.6 Å². The molecule has 138 valence electrons. The highest BCUT2D eigenvalue weighted by atomic mass is 32.2. The molecule has 0 aromatic heterocycles. The first kappa shape index (κ1) is 19.4. The van der Waals surface area contributed by atoms with Gasteiger partial charge >= 0.3 is 0 Å². The van der Waals surface area contributed by atoms with Crippen LogP contribution in [0.2, 0.25) is 0 Å². The summed E-state index contributed by atoms with van der Waals surface area (Å²) in [5.41, 5.74) is 1.81. The minimum absolute atomic E-state index is 0.0997. The van der Waals surface area contributed by atoms with Crippen LogP contribution >= 0.6 is 0 Å². The van der Waals surface area contributed by atoms with Crippen LogP contribution < -0.4 is 10.6 Å². The van der Waals surface area contributed by atoms with Gasteiger partial charge in [0.1, 0.15) is 0 Å². The molecule has 1 aliphatic heterocycles. The highest BCUT2D eigenvalue weighted by molar-refractivity contribution is 7.91. The number of likely N-dealkylation sites (N-methyl/N-ethyl adjacent to an activating group) is 1. The van der Waals surface area contributed by atoms with E-state index in [1.807, 2.05) is 6.92 Å². The average molecular weight is 367 g/mol. The van der Waals surface area contributed by atoms with E-state index in [9.17, 15) is 18.0 Å². The number of hydrogen-bond donors (Lipinski definition) is 2. The van der Waals surface area contributed by atoms with E-state index in [4.69, 9.17) is 0 Å². The largest absolute Gasteiger partial charge is 0.352 e. The first-order valence-electron chi connectivity index (χ1n) is 8.32. The lowest BCUT2D eigenvalue weighted by Gasteiger charge is -2.22. The summed E-state index contributed by atoms with van der Waals surface area (Å²) in [5, 5.41) is 5.56. The molecule has 25 heavy (non-hydrogen) atoms. The van der Waals surface area contributed by atoms with E-state index in [-0.39, 0.29) is 35.9 Å². The lowest BCUT2D eigenvalue weighted by molar-refractivity contribution is -0.117. The molecule has 0 radical (unpaired) electrons. The highest BCUT2D eigenvalue weighted by Gasteiger charge is 2.31. The topological polar surface area (TPSA) is 95.6 Å². The molecule has 0 aliphatic carbocycles. The Labute approximate surface area is 148 Å². The third-order valence-electron chi connectivity index (χ3n) is 4.41. The van der Waals surface area contributed by atoms with Crippen LogP contribution in [0.4, 0.5) is 5.69 Å². The van der Waals surface area contributed by atoms with Crippen LogP contribution in [0.1, 0.15) is 29.3 Å². The maximum atomic E-state index is 12.3. The molecule has 1 atom stereocenters. The molecule has 7 nitrogen and oxygen atoms in total. The lowest BCUT2D eigenvalue weighted by atomic mass is 10.1. The molecule has 2 rings (SSSR count). The first-order chi connectivity index (χ1) is 11.7. The second-order valence-corrected chi connectivity index (χ2v) is 8.59. The van der Waals surface area contributed by atoms with Crippen LogP contribution in [0.3, 0.4) is 0 Å². The monoisotopic (exact) mass is 367 g/mol. The predicted molar refractivity (Wildman–Crippen MR) is 97.5 cm³/mol. The molecule has 1 fully saturated rings. The molecule has 1 aromatic rings. The minimum Gasteiger partial charge on any atom is -0.352 e. The van der Waals surface area contributed by atoms with E-state index in [2.05, 4.69) is 10.6 Å². The van der Waals surface area contributed by atoms with Crippen molar-refractivity contribution in [3.05, 3.63) is 29.3 Å². The Morgan fingerprint density at radius 3 is 2.64 bits per heavy atom. The summed E-state index contributed by atoms with van der Waals surface area (Å²) in [6.45, 7) is 4.26. The molecular weight excluding hydrogens is 342 g/mol. The van der Waals surface area contributed by atoms with Gasteiger partial charge in [-0.2, -0.15) is 0 Å². The third kappa shape index (κ3) is 5.02. The Balaban J connectivity index is 2.01. The van der Waals surface area contributed by atoms with Gasteiger partial charge in [-0.1, -0.05) is 6.07 Å². The number of anilines is 1. The molecule has 1 aliphatic rings. The van der Waals surface area contributed by atoms with Crippen molar-refractivity contribution in [1.29, 1.82) is 0 Å². The fourth-order valence-electron chi connectivity index (χ4n) is 2.94. The highest BCUT2D eigenvalue weighted by Crippen LogP contribution is 2.20. The molecule has 0 spiro atoms. The molecule has 1 heterocycles. The number of carbonyl (C=O) groups is 2. The fraction of sp³-hybridized carbons (Fsp3) is 0.529. The Kier molecular flexibility index (Phi) is 6.18. The SMILES string of the molecule is CCNC(=O)c1cccc(NC(=O)CN(C)C2CCS(=O)(=O)C2)c1C. The Hall–Kier alpha value is -1.93. The van der Waals surface area contributed by atoms with E-state index in [1.54, 1.807) is 37.1 Å². The number of carbonyl (C=O) groups excluding carboxylic acids is 2. The van der Waals surface area contributed by atoms with Crippen molar-refractivity contribution in [3.63, 3.8) is 0 Å². The molecular formula is C17H25N3O4S. The number of sulfone groups is 1. The number of amides is 2. The average Bonchev–Trinajstić information content (AvgIpc) is 2.89. The molecule has 1 unspecified atom stereocenters. The van der Waals surface area contributed by atoms with Crippen molar-refractivity contribution >= 4 is 27.3 Å². The van der Waals surface area contributed by atoms with E-state index >= 15 is 0 Å². The Morgan fingerprint density at radius 2 is 2.04 bits per heavy atom. The standard InChI is InChI=1S/C17H25N3O4S/c1-4-18-17(22)14-6-5-7-15(12(14)2)19-16(21)10-20(3)13-8-9-25(23,24)11-13/h5-7,13H,4,8-11H2,1-3H3,(H,18,22)(H,19,21). The summed E-state index contributed by atoms with van der Waals surface area (Å²) >= 11 is 0. The number of rotatable bonds is 6. The quantitative estimate of drug-likeness (QED) is 0.775. The second kappa shape index (κ2) is 7.97. The van der Waals surface area contributed by atoms with E-state index < -0.39 is 9.84 Å². The molecule has 2 amide bonds.